The summed E-state index contributed by atoms with van der Waals surface area (Å²) >= 11 is 0. The fourth-order valence-electron chi connectivity index (χ4n) is 19.0. The monoisotopic (exact) mass is 2070 g/mol. The van der Waals surface area contributed by atoms with Gasteiger partial charge in [0, 0.05) is 58.2 Å². The molecule has 1 aliphatic carbocycles. The van der Waals surface area contributed by atoms with Crippen molar-refractivity contribution in [2.75, 3.05) is 118 Å². The van der Waals surface area contributed by atoms with Crippen molar-refractivity contribution in [2.45, 2.75) is 542 Å². The molecule has 1 saturated carbocycles. The third-order valence-electron chi connectivity index (χ3n) is 28.3. The predicted octanol–water partition coefficient (Wildman–Crippen LogP) is 32.5. The van der Waals surface area contributed by atoms with Gasteiger partial charge in [-0.3, -0.25) is 43.2 Å². The first-order chi connectivity index (χ1) is 72.2. The van der Waals surface area contributed by atoms with E-state index >= 15 is 0 Å². The van der Waals surface area contributed by atoms with Crippen LogP contribution in [0.15, 0.2) is 72.9 Å². The smallest absolute Gasteiger partial charge is 0.308 e. The molecule has 0 saturated heterocycles. The molecule has 1 aliphatic rings. The van der Waals surface area contributed by atoms with Crippen LogP contribution in [0.2, 0.25) is 0 Å². The van der Waals surface area contributed by atoms with Crippen molar-refractivity contribution in [3.05, 3.63) is 72.9 Å². The number of unbranched alkanes of at least 4 members (excludes halogenated alkanes) is 54. The highest BCUT2D eigenvalue weighted by Crippen LogP contribution is 2.37. The first-order valence-corrected chi connectivity index (χ1v) is 61.7. The second-order valence-electron chi connectivity index (χ2n) is 42.1. The highest BCUT2D eigenvalue weighted by atomic mass is 16.6. The summed E-state index contributed by atoms with van der Waals surface area (Å²) in [6, 6.07) is 0. The quantitative estimate of drug-likeness (QED) is 0.0238. The second-order valence-corrected chi connectivity index (χ2v) is 42.1. The van der Waals surface area contributed by atoms with E-state index in [1.54, 1.807) is 0 Å². The molecule has 21 heteroatoms. The maximum absolute atomic E-state index is 14.6. The van der Waals surface area contributed by atoms with E-state index in [1.807, 2.05) is 36.5 Å². The maximum Gasteiger partial charge on any atom is 0.308 e. The largest absolute Gasteiger partial charge is 0.465 e. The lowest BCUT2D eigenvalue weighted by molar-refractivity contribution is -0.161. The normalized spacial score (nSPS) is 14.0. The summed E-state index contributed by atoms with van der Waals surface area (Å²) in [5, 5.41) is 0. The number of hydrogen-bond acceptors (Lipinski definition) is 21. The molecule has 147 heavy (non-hydrogen) atoms. The molecule has 0 bridgehead atoms. The Hall–Kier alpha value is -6.45. The zero-order valence-corrected chi connectivity index (χ0v) is 95.7. The summed E-state index contributed by atoms with van der Waals surface area (Å²) in [7, 11) is 0. The summed E-state index contributed by atoms with van der Waals surface area (Å²) < 4.78 is 51.5. The van der Waals surface area contributed by atoms with E-state index in [1.165, 1.54) is 154 Å². The van der Waals surface area contributed by atoms with Gasteiger partial charge in [0.05, 0.1) is 37.6 Å². The molecule has 0 amide bonds. The third kappa shape index (κ3) is 97.5. The van der Waals surface area contributed by atoms with Gasteiger partial charge in [-0.05, 0) is 232 Å². The van der Waals surface area contributed by atoms with Crippen LogP contribution in [0.5, 0.6) is 0 Å². The van der Waals surface area contributed by atoms with Gasteiger partial charge in [0.2, 0.25) is 0 Å². The number of carbonyl (C=O) groups excluding carboxylic acids is 9. The summed E-state index contributed by atoms with van der Waals surface area (Å²) in [6.45, 7) is 23.9. The highest BCUT2D eigenvalue weighted by molar-refractivity contribution is 5.80. The van der Waals surface area contributed by atoms with Gasteiger partial charge in [-0.1, -0.05) is 384 Å². The molecule has 0 aromatic carbocycles. The molecule has 0 aromatic rings. The van der Waals surface area contributed by atoms with Gasteiger partial charge >= 0.3 is 53.7 Å². The molecule has 0 aliphatic heterocycles. The molecular formula is C126H225N3O18. The van der Waals surface area contributed by atoms with E-state index in [-0.39, 0.29) is 74.9 Å². The van der Waals surface area contributed by atoms with Crippen molar-refractivity contribution < 1.29 is 85.8 Å². The Balaban J connectivity index is 3.38. The minimum absolute atomic E-state index is 0.128. The fraction of sp³-hybridized carbons (Fsp3) is 0.833. The van der Waals surface area contributed by atoms with Gasteiger partial charge in [-0.25, -0.2) is 0 Å². The topological polar surface area (TPSA) is 246 Å². The van der Waals surface area contributed by atoms with Gasteiger partial charge < -0.3 is 57.3 Å². The minimum atomic E-state index is -0.693. The van der Waals surface area contributed by atoms with Crippen LogP contribution >= 0.6 is 0 Å². The molecule has 0 unspecified atom stereocenters. The number of hydrogen-bond donors (Lipinski definition) is 0. The van der Waals surface area contributed by atoms with Crippen LogP contribution in [0, 0.1) is 17.8 Å². The Kier molecular flexibility index (Phi) is 104. The molecule has 0 aromatic heterocycles. The van der Waals surface area contributed by atoms with Crippen LogP contribution in [0.25, 0.3) is 0 Å². The standard InChI is InChI=1S/C126H225N3O18/c1-7-13-19-25-43-61-79-103-139-118(130)88-67-49-31-37-55-73-94-127(95-74-56-38-32-50-68-89-119(131)140-104-80-62-44-26-20-14-8-2)100-85-109-145-124(136)115-112-116(125(137)146-110-86-101-128(96-75-57-39-33-51-69-90-120(132)141-105-81-63-45-27-21-15-9-3)97-76-58-40-34-52-70-91-121(133)142-106-82-64-46-28-22-16-10-4)114-117(113-115)126(138)147-111-87-102-129(98-77-59-41-35-53-71-92-122(134)143-107-83-65-47-29-23-17-11-5)99-78-60-42-36-54-72-93-123(135)144-108-84-66-48-30-24-18-12-6/h61-66,79-84,115-117H,7-60,67-78,85-114H2,1-6H3/b79-61-,80-62-,81-63-,82-64-,83-65-,84-66-. The lowest BCUT2D eigenvalue weighted by Crippen LogP contribution is -2.37. The highest BCUT2D eigenvalue weighted by Gasteiger charge is 2.41. The lowest BCUT2D eigenvalue weighted by atomic mass is 9.75. The van der Waals surface area contributed by atoms with Gasteiger partial charge in [-0.15, -0.1) is 0 Å². The van der Waals surface area contributed by atoms with Crippen molar-refractivity contribution in [3.63, 3.8) is 0 Å². The van der Waals surface area contributed by atoms with Crippen LogP contribution in [0.4, 0.5) is 0 Å². The number of esters is 9. The molecule has 0 radical (unpaired) electrons. The van der Waals surface area contributed by atoms with Crippen LogP contribution in [0.1, 0.15) is 542 Å². The van der Waals surface area contributed by atoms with Crippen molar-refractivity contribution in [2.24, 2.45) is 17.8 Å². The molecule has 1 fully saturated rings. The first kappa shape index (κ1) is 139. The fourth-order valence-corrected chi connectivity index (χ4v) is 19.0. The molecule has 852 valence electrons. The summed E-state index contributed by atoms with van der Waals surface area (Å²) in [5.41, 5.74) is 0. The van der Waals surface area contributed by atoms with Crippen molar-refractivity contribution in [1.29, 1.82) is 0 Å². The Labute approximate surface area is 900 Å². The summed E-state index contributed by atoms with van der Waals surface area (Å²) in [6.07, 6.45) is 102. The molecule has 1 rings (SSSR count). The SMILES string of the molecule is CCCCCC/C=C\COC(=O)CCCCCCCCN(CCCCCCCCC(=O)OC/C=C\CCCCCC)CCCOC(=O)C1CC(C(=O)OCCCN(CCCCCCCCC(=O)OC/C=C\CCCCCC)CCCCCCCCC(=O)OC/C=C\CCCCCC)CC(C(=O)OCCCN(CCCCCCCCC(=O)OC/C=C\CCCCCC)CCCCCCCCC(=O)OC/C=C\CCCCCC)C1. The van der Waals surface area contributed by atoms with Crippen molar-refractivity contribution in [3.8, 4) is 0 Å². The van der Waals surface area contributed by atoms with Gasteiger partial charge in [0.15, 0.2) is 0 Å². The summed E-state index contributed by atoms with van der Waals surface area (Å²) in [5.74, 6) is -4.02. The number of nitrogens with zero attached hydrogens (tertiary/aromatic N) is 3. The van der Waals surface area contributed by atoms with E-state index < -0.39 is 35.7 Å². The molecular weight excluding hydrogens is 1840 g/mol. The zero-order chi connectivity index (χ0) is 106. The van der Waals surface area contributed by atoms with Crippen molar-refractivity contribution >= 4 is 53.7 Å². The number of rotatable bonds is 111. The van der Waals surface area contributed by atoms with Crippen LogP contribution in [0.3, 0.4) is 0 Å². The minimum Gasteiger partial charge on any atom is -0.465 e. The zero-order valence-electron chi connectivity index (χ0n) is 95.7. The molecule has 0 spiro atoms. The Bertz CT molecular complexity index is 2730. The van der Waals surface area contributed by atoms with E-state index in [4.69, 9.17) is 42.6 Å². The summed E-state index contributed by atoms with van der Waals surface area (Å²) in [4.78, 5) is 126. The number of carbonyl (C=O) groups is 9. The Morgan fingerprint density at radius 2 is 0.313 bits per heavy atom. The van der Waals surface area contributed by atoms with Crippen LogP contribution in [-0.4, -0.2) is 187 Å². The Morgan fingerprint density at radius 1 is 0.170 bits per heavy atom. The average Bonchev–Trinajstić information content (AvgIpc) is 0.824. The number of ether oxygens (including phenoxy) is 9. The van der Waals surface area contributed by atoms with Gasteiger partial charge in [0.1, 0.15) is 39.6 Å². The van der Waals surface area contributed by atoms with Crippen LogP contribution in [-0.2, 0) is 85.8 Å². The third-order valence-corrected chi connectivity index (χ3v) is 28.3. The van der Waals surface area contributed by atoms with Crippen LogP contribution < -0.4 is 0 Å². The Morgan fingerprint density at radius 3 is 0.476 bits per heavy atom. The van der Waals surface area contributed by atoms with Gasteiger partial charge in [-0.2, -0.15) is 0 Å². The van der Waals surface area contributed by atoms with E-state index in [2.05, 4.69) is 92.7 Å². The first-order valence-electron chi connectivity index (χ1n) is 61.7. The van der Waals surface area contributed by atoms with E-state index in [0.717, 1.165) is 329 Å². The molecule has 0 heterocycles. The second kappa shape index (κ2) is 111. The van der Waals surface area contributed by atoms with Crippen molar-refractivity contribution in [1.82, 2.24) is 14.7 Å². The molecule has 0 N–H and O–H groups in total. The van der Waals surface area contributed by atoms with E-state index in [9.17, 15) is 43.2 Å². The predicted molar refractivity (Wildman–Crippen MR) is 607 cm³/mol. The van der Waals surface area contributed by atoms with E-state index in [0.29, 0.717) is 97.4 Å². The lowest BCUT2D eigenvalue weighted by Gasteiger charge is -2.31. The van der Waals surface area contributed by atoms with Gasteiger partial charge in [0.25, 0.3) is 0 Å². The average molecular weight is 2070 g/mol. The maximum atomic E-state index is 14.6. The molecule has 0 atom stereocenters. The molecule has 21 nitrogen and oxygen atoms in total. The number of allylic oxidation sites excluding steroid dienone is 6.